The Morgan fingerprint density at radius 1 is 0.794 bits per heavy atom. The first-order valence-corrected chi connectivity index (χ1v) is 20.2. The highest BCUT2D eigenvalue weighted by molar-refractivity contribution is 5.85. The molecule has 63 heavy (non-hydrogen) atoms. The third-order valence-electron chi connectivity index (χ3n) is 11.6. The number of ether oxygens (including phenoxy) is 9. The van der Waals surface area contributed by atoms with Crippen molar-refractivity contribution >= 4 is 17.7 Å². The number of amides is 3. The molecule has 5 aliphatic heterocycles. The molecule has 5 saturated heterocycles. The quantitative estimate of drug-likeness (QED) is 0.0825. The molecule has 13 N–H and O–H groups in total. The minimum Gasteiger partial charge on any atom is -0.497 e. The Hall–Kier alpha value is -3.45. The lowest BCUT2D eigenvalue weighted by Crippen LogP contribution is -2.78. The van der Waals surface area contributed by atoms with E-state index in [1.165, 1.54) is 26.2 Å². The van der Waals surface area contributed by atoms with Crippen molar-refractivity contribution in [1.29, 1.82) is 0 Å². The van der Waals surface area contributed by atoms with E-state index in [2.05, 4.69) is 16.0 Å². The number of hydrogen-bond donors (Lipinski definition) is 13. The van der Waals surface area contributed by atoms with Crippen LogP contribution in [0.1, 0.15) is 27.2 Å². The van der Waals surface area contributed by atoms with Crippen LogP contribution >= 0.6 is 0 Å². The van der Waals surface area contributed by atoms with E-state index in [0.29, 0.717) is 5.75 Å². The smallest absolute Gasteiger partial charge is 0.280 e. The molecule has 1 spiro atoms. The first-order valence-electron chi connectivity index (χ1n) is 20.2. The van der Waals surface area contributed by atoms with E-state index < -0.39 is 172 Å². The lowest BCUT2D eigenvalue weighted by molar-refractivity contribution is -0.385. The maximum Gasteiger partial charge on any atom is 0.280 e. The molecule has 0 radical (unpaired) electrons. The van der Waals surface area contributed by atoms with Crippen molar-refractivity contribution in [3.8, 4) is 11.5 Å². The fourth-order valence-corrected chi connectivity index (χ4v) is 8.33. The van der Waals surface area contributed by atoms with Crippen LogP contribution in [0.25, 0.3) is 0 Å². The standard InChI is InChI=1S/C38H57N3O22/c1-13-25(49)27(51)28(52)35(56-13)61-33-24(40-15(3)46)34(57-17-7-5-16(55-4)6-8-17)59-21(12-44)30(33)60-36-29(53)32-23(20(11-43)58-36)41-37(54)38(63-32)9-18(47)22(39-14(2)45)31(62-38)26(50)19(48)10-42/h5-8,13,18-36,42-44,47-53H,9-12H2,1-4H3,(H,39,45)(H,40,46)(H,41,54)/t13-,18-,19+,20+,21+,22+,23-,24+,25+,26+,27+,28-,29+,30+,31+,32-,33+,34+,35-,36-,38-/m0/s1. The van der Waals surface area contributed by atoms with Crippen molar-refractivity contribution in [2.24, 2.45) is 0 Å². The molecule has 5 fully saturated rings. The van der Waals surface area contributed by atoms with Crippen LogP contribution in [0, 0.1) is 0 Å². The van der Waals surface area contributed by atoms with Crippen molar-refractivity contribution < 1.29 is 108 Å². The second-order valence-electron chi connectivity index (χ2n) is 16.0. The summed E-state index contributed by atoms with van der Waals surface area (Å²) in [6.07, 6.45) is -29.3. The van der Waals surface area contributed by atoms with Gasteiger partial charge in [-0.2, -0.15) is 0 Å². The molecular weight excluding hydrogens is 850 g/mol. The highest BCUT2D eigenvalue weighted by Gasteiger charge is 2.63. The first kappa shape index (κ1) is 49.0. The van der Waals surface area contributed by atoms with Crippen molar-refractivity contribution in [2.75, 3.05) is 26.9 Å². The number of benzene rings is 1. The van der Waals surface area contributed by atoms with Crippen molar-refractivity contribution in [3.63, 3.8) is 0 Å². The number of aliphatic hydroxyl groups is 10. The Morgan fingerprint density at radius 3 is 1.98 bits per heavy atom. The number of nitrogens with one attached hydrogen (secondary N) is 3. The number of carbonyl (C=O) groups excluding carboxylic acids is 3. The molecule has 1 aromatic rings. The van der Waals surface area contributed by atoms with E-state index in [-0.39, 0.29) is 5.75 Å². The molecular formula is C38H57N3O22. The summed E-state index contributed by atoms with van der Waals surface area (Å²) in [6, 6.07) is 1.98. The fraction of sp³-hybridized carbons (Fsp3) is 0.763. The number of carbonyl (C=O) groups is 3. The minimum absolute atomic E-state index is 0.194. The number of hydrogen-bond acceptors (Lipinski definition) is 22. The molecule has 25 nitrogen and oxygen atoms in total. The van der Waals surface area contributed by atoms with Crippen LogP contribution in [0.3, 0.4) is 0 Å². The van der Waals surface area contributed by atoms with Crippen LogP contribution < -0.4 is 25.4 Å². The van der Waals surface area contributed by atoms with Gasteiger partial charge < -0.3 is 110 Å². The van der Waals surface area contributed by atoms with Crippen LogP contribution in [0.2, 0.25) is 0 Å². The fourth-order valence-electron chi connectivity index (χ4n) is 8.33. The summed E-state index contributed by atoms with van der Waals surface area (Å²) in [4.78, 5) is 38.7. The van der Waals surface area contributed by atoms with E-state index in [0.717, 1.165) is 13.8 Å². The molecule has 0 aliphatic carbocycles. The maximum absolute atomic E-state index is 13.8. The van der Waals surface area contributed by atoms with Crippen LogP contribution in [-0.4, -0.2) is 224 Å². The minimum atomic E-state index is -2.55. The summed E-state index contributed by atoms with van der Waals surface area (Å²) in [7, 11) is 1.45. The van der Waals surface area contributed by atoms with Gasteiger partial charge in [0, 0.05) is 20.3 Å². The van der Waals surface area contributed by atoms with E-state index in [9.17, 15) is 65.4 Å². The SMILES string of the molecule is COc1ccc(O[C@@H]2O[C@H](CO)[C@@H](O[C@@H]3O[C@H](CO)[C@@H]4NC(=O)[C@]5(C[C@H](O)[C@@H](NC(C)=O)[C@H]([C@H](O)[C@H](O)CO)O5)O[C@@H]4[C@H]3O)[C@H](O[C@@H]3O[C@@H](C)[C@@H](O)[C@@H](O)[C@@H]3O)[C@H]2NC(C)=O)cc1. The highest BCUT2D eigenvalue weighted by Crippen LogP contribution is 2.41. The molecule has 25 heteroatoms. The molecule has 0 unspecified atom stereocenters. The van der Waals surface area contributed by atoms with Gasteiger partial charge in [0.2, 0.25) is 18.1 Å². The van der Waals surface area contributed by atoms with Gasteiger partial charge in [-0.3, -0.25) is 14.4 Å². The van der Waals surface area contributed by atoms with Crippen LogP contribution in [0.15, 0.2) is 24.3 Å². The van der Waals surface area contributed by atoms with E-state index >= 15 is 0 Å². The third-order valence-corrected chi connectivity index (χ3v) is 11.6. The molecule has 3 amide bonds. The summed E-state index contributed by atoms with van der Waals surface area (Å²) < 4.78 is 53.8. The zero-order valence-corrected chi connectivity index (χ0v) is 34.6. The lowest BCUT2D eigenvalue weighted by atomic mass is 9.85. The van der Waals surface area contributed by atoms with Gasteiger partial charge in [-0.05, 0) is 31.2 Å². The summed E-state index contributed by atoms with van der Waals surface area (Å²) in [5, 5.41) is 115. The molecule has 0 saturated carbocycles. The van der Waals surface area contributed by atoms with Gasteiger partial charge >= 0.3 is 0 Å². The lowest BCUT2D eigenvalue weighted by Gasteiger charge is -2.55. The Morgan fingerprint density at radius 2 is 1.38 bits per heavy atom. The number of methoxy groups -OCH3 is 1. The van der Waals surface area contributed by atoms with E-state index in [1.807, 2.05) is 0 Å². The average molecular weight is 908 g/mol. The monoisotopic (exact) mass is 907 g/mol. The van der Waals surface area contributed by atoms with Crippen molar-refractivity contribution in [1.82, 2.24) is 16.0 Å². The molecule has 0 bridgehead atoms. The van der Waals surface area contributed by atoms with Gasteiger partial charge in [-0.15, -0.1) is 0 Å². The normalized spacial score (nSPS) is 42.6. The van der Waals surface area contributed by atoms with Crippen molar-refractivity contribution in [2.45, 2.75) is 155 Å². The molecule has 5 aliphatic rings. The van der Waals surface area contributed by atoms with Gasteiger partial charge in [-0.25, -0.2) is 0 Å². The summed E-state index contributed by atoms with van der Waals surface area (Å²) in [5.41, 5.74) is 0. The topological polar surface area (TPSA) is 373 Å². The second kappa shape index (κ2) is 20.4. The second-order valence-corrected chi connectivity index (χ2v) is 16.0. The predicted molar refractivity (Wildman–Crippen MR) is 203 cm³/mol. The Bertz CT molecular complexity index is 1720. The van der Waals surface area contributed by atoms with Gasteiger partial charge in [0.25, 0.3) is 11.7 Å². The molecule has 6 rings (SSSR count). The van der Waals surface area contributed by atoms with Crippen LogP contribution in [0.5, 0.6) is 11.5 Å². The Labute approximate surface area is 359 Å². The Kier molecular flexibility index (Phi) is 15.8. The molecule has 5 heterocycles. The van der Waals surface area contributed by atoms with Gasteiger partial charge in [0.05, 0.1) is 51.2 Å². The number of rotatable bonds is 14. The van der Waals surface area contributed by atoms with Crippen molar-refractivity contribution in [3.05, 3.63) is 24.3 Å². The zero-order chi connectivity index (χ0) is 46.1. The number of morpholine rings is 1. The number of aliphatic hydroxyl groups excluding tert-OH is 10. The molecule has 21 atom stereocenters. The third kappa shape index (κ3) is 10.2. The summed E-state index contributed by atoms with van der Waals surface area (Å²) >= 11 is 0. The zero-order valence-electron chi connectivity index (χ0n) is 34.6. The molecule has 0 aromatic heterocycles. The van der Waals surface area contributed by atoms with E-state index in [1.54, 1.807) is 12.1 Å². The molecule has 356 valence electrons. The maximum atomic E-state index is 13.8. The van der Waals surface area contributed by atoms with E-state index in [4.69, 9.17) is 42.6 Å². The Balaban J connectivity index is 1.34. The van der Waals surface area contributed by atoms with Crippen LogP contribution in [-0.2, 0) is 47.5 Å². The van der Waals surface area contributed by atoms with Gasteiger partial charge in [0.1, 0.15) is 90.8 Å². The highest BCUT2D eigenvalue weighted by atomic mass is 16.8. The van der Waals surface area contributed by atoms with Gasteiger partial charge in [-0.1, -0.05) is 0 Å². The molecule has 1 aromatic carbocycles. The first-order chi connectivity index (χ1) is 29.9. The van der Waals surface area contributed by atoms with Gasteiger partial charge in [0.15, 0.2) is 12.6 Å². The summed E-state index contributed by atoms with van der Waals surface area (Å²) in [6.45, 7) is 0.974. The number of fused-ring (bicyclic) bond motifs is 1. The average Bonchev–Trinajstić information content (AvgIpc) is 3.25. The van der Waals surface area contributed by atoms with Crippen LogP contribution in [0.4, 0.5) is 0 Å². The predicted octanol–water partition coefficient (Wildman–Crippen LogP) is -7.08. The summed E-state index contributed by atoms with van der Waals surface area (Å²) in [5.74, 6) is -4.29. The largest absolute Gasteiger partial charge is 0.497 e.